The van der Waals surface area contributed by atoms with Gasteiger partial charge in [-0.3, -0.25) is 24.2 Å². The number of rotatable bonds is 4. The second-order valence-corrected chi connectivity index (χ2v) is 8.72. The highest BCUT2D eigenvalue weighted by Crippen LogP contribution is 2.27. The van der Waals surface area contributed by atoms with E-state index in [9.17, 15) is 19.2 Å². The first kappa shape index (κ1) is 22.2. The van der Waals surface area contributed by atoms with Crippen molar-refractivity contribution in [3.8, 4) is 0 Å². The van der Waals surface area contributed by atoms with E-state index in [1.165, 1.54) is 23.5 Å². The van der Waals surface area contributed by atoms with E-state index in [-0.39, 0.29) is 36.5 Å². The molecule has 0 unspecified atom stereocenters. The molecule has 10 nitrogen and oxygen atoms in total. The molecule has 3 aliphatic rings. The first-order valence-electron chi connectivity index (χ1n) is 11.5. The minimum absolute atomic E-state index is 0.0150. The lowest BCUT2D eigenvalue weighted by atomic mass is 9.88. The number of nitrogens with zero attached hydrogens (tertiary/aromatic N) is 4. The highest BCUT2D eigenvalue weighted by Gasteiger charge is 2.40. The Morgan fingerprint density at radius 3 is 2.56 bits per heavy atom. The molecule has 3 fully saturated rings. The molecule has 0 spiro atoms. The lowest BCUT2D eigenvalue weighted by Crippen LogP contribution is -2.64. The summed E-state index contributed by atoms with van der Waals surface area (Å²) in [5.74, 6) is -1.01. The number of carbonyl (C=O) groups excluding carboxylic acids is 4. The van der Waals surface area contributed by atoms with Crippen LogP contribution < -0.4 is 10.6 Å². The summed E-state index contributed by atoms with van der Waals surface area (Å²) in [6.07, 6.45) is 10.6. The molecule has 32 heavy (non-hydrogen) atoms. The molecule has 0 bridgehead atoms. The molecule has 1 aromatic heterocycles. The third kappa shape index (κ3) is 4.89. The minimum atomic E-state index is -0.888. The summed E-state index contributed by atoms with van der Waals surface area (Å²) in [4.78, 5) is 62.8. The molecule has 0 aromatic carbocycles. The minimum Gasteiger partial charge on any atom is -0.354 e. The molecule has 1 aliphatic carbocycles. The van der Waals surface area contributed by atoms with Crippen molar-refractivity contribution >= 4 is 23.6 Å². The van der Waals surface area contributed by atoms with Gasteiger partial charge in [-0.05, 0) is 25.7 Å². The zero-order valence-corrected chi connectivity index (χ0v) is 18.2. The van der Waals surface area contributed by atoms with E-state index in [1.54, 1.807) is 4.90 Å². The topological polar surface area (TPSA) is 125 Å². The van der Waals surface area contributed by atoms with E-state index >= 15 is 0 Å². The van der Waals surface area contributed by atoms with E-state index < -0.39 is 23.9 Å². The molecule has 10 heteroatoms. The number of hydrogen-bond donors (Lipinski definition) is 2. The van der Waals surface area contributed by atoms with Crippen molar-refractivity contribution < 1.29 is 19.2 Å². The number of hydrogen-bond acceptors (Lipinski definition) is 6. The first-order chi connectivity index (χ1) is 15.5. The predicted molar refractivity (Wildman–Crippen MR) is 114 cm³/mol. The SMILES string of the molecule is O=C1NCCC[C@@H]1NC(=O)[C@@H]1CN(C(=O)C2CCCCC2)CCN1C(=O)c1cnccn1. The van der Waals surface area contributed by atoms with E-state index in [1.807, 2.05) is 0 Å². The van der Waals surface area contributed by atoms with Gasteiger partial charge in [-0.25, -0.2) is 4.98 Å². The van der Waals surface area contributed by atoms with Gasteiger partial charge in [-0.1, -0.05) is 19.3 Å². The summed E-state index contributed by atoms with van der Waals surface area (Å²) in [6.45, 7) is 1.30. The molecule has 4 amide bonds. The predicted octanol–water partition coefficient (Wildman–Crippen LogP) is 0.105. The van der Waals surface area contributed by atoms with Crippen molar-refractivity contribution in [2.75, 3.05) is 26.2 Å². The lowest BCUT2D eigenvalue weighted by Gasteiger charge is -2.42. The van der Waals surface area contributed by atoms with Crippen molar-refractivity contribution in [3.05, 3.63) is 24.3 Å². The van der Waals surface area contributed by atoms with Crippen LogP contribution in [-0.4, -0.2) is 81.7 Å². The molecular weight excluding hydrogens is 412 g/mol. The standard InChI is InChI=1S/C22H30N6O4/c29-19-16(7-4-8-25-19)26-20(30)18-14-27(21(31)15-5-2-1-3-6-15)11-12-28(18)22(32)17-13-23-9-10-24-17/h9-10,13,15-16,18H,1-8,11-12,14H2,(H,25,29)(H,26,30)/t16-,18-/m0/s1. The third-order valence-corrected chi connectivity index (χ3v) is 6.59. The molecule has 2 atom stereocenters. The Kier molecular flexibility index (Phi) is 6.96. The van der Waals surface area contributed by atoms with Gasteiger partial charge in [-0.15, -0.1) is 0 Å². The van der Waals surface area contributed by atoms with Crippen molar-refractivity contribution in [1.82, 2.24) is 30.4 Å². The molecule has 2 N–H and O–H groups in total. The van der Waals surface area contributed by atoms with Crippen molar-refractivity contribution in [1.29, 1.82) is 0 Å². The molecule has 1 saturated carbocycles. The summed E-state index contributed by atoms with van der Waals surface area (Å²) in [7, 11) is 0. The highest BCUT2D eigenvalue weighted by molar-refractivity contribution is 5.97. The molecule has 172 valence electrons. The maximum atomic E-state index is 13.2. The summed E-state index contributed by atoms with van der Waals surface area (Å²) < 4.78 is 0. The van der Waals surface area contributed by atoms with Gasteiger partial charge in [0.25, 0.3) is 5.91 Å². The van der Waals surface area contributed by atoms with E-state index in [2.05, 4.69) is 20.6 Å². The zero-order valence-electron chi connectivity index (χ0n) is 18.2. The monoisotopic (exact) mass is 442 g/mol. The number of aromatic nitrogens is 2. The maximum Gasteiger partial charge on any atom is 0.274 e. The molecular formula is C22H30N6O4. The molecule has 1 aromatic rings. The smallest absolute Gasteiger partial charge is 0.274 e. The first-order valence-corrected chi connectivity index (χ1v) is 11.5. The molecule has 3 heterocycles. The maximum absolute atomic E-state index is 13.2. The van der Waals surface area contributed by atoms with Crippen molar-refractivity contribution in [3.63, 3.8) is 0 Å². The number of nitrogens with one attached hydrogen (secondary N) is 2. The van der Waals surface area contributed by atoms with Gasteiger partial charge < -0.3 is 20.4 Å². The quantitative estimate of drug-likeness (QED) is 0.682. The van der Waals surface area contributed by atoms with Crippen LogP contribution >= 0.6 is 0 Å². The lowest BCUT2D eigenvalue weighted by molar-refractivity contribution is -0.142. The molecule has 0 radical (unpaired) electrons. The Labute approximate surface area is 187 Å². The van der Waals surface area contributed by atoms with Crippen LogP contribution in [0.25, 0.3) is 0 Å². The Morgan fingerprint density at radius 2 is 1.84 bits per heavy atom. The van der Waals surface area contributed by atoms with Crippen LogP contribution in [0.1, 0.15) is 55.4 Å². The van der Waals surface area contributed by atoms with E-state index in [4.69, 9.17) is 0 Å². The van der Waals surface area contributed by atoms with Crippen LogP contribution in [0.5, 0.6) is 0 Å². The van der Waals surface area contributed by atoms with Gasteiger partial charge >= 0.3 is 0 Å². The largest absolute Gasteiger partial charge is 0.354 e. The number of piperazine rings is 1. The highest BCUT2D eigenvalue weighted by atomic mass is 16.2. The number of amides is 4. The van der Waals surface area contributed by atoms with Crippen molar-refractivity contribution in [2.24, 2.45) is 5.92 Å². The van der Waals surface area contributed by atoms with Gasteiger partial charge in [-0.2, -0.15) is 0 Å². The summed E-state index contributed by atoms with van der Waals surface area (Å²) in [6, 6.07) is -1.52. The summed E-state index contributed by atoms with van der Waals surface area (Å²) >= 11 is 0. The Morgan fingerprint density at radius 1 is 1.03 bits per heavy atom. The second kappa shape index (κ2) is 10.1. The molecule has 4 rings (SSSR count). The Hall–Kier alpha value is -3.04. The van der Waals surface area contributed by atoms with Crippen LogP contribution in [0.3, 0.4) is 0 Å². The molecule has 2 saturated heterocycles. The normalized spacial score (nSPS) is 24.6. The Balaban J connectivity index is 1.51. The average molecular weight is 443 g/mol. The van der Waals surface area contributed by atoms with E-state index in [0.717, 1.165) is 38.5 Å². The van der Waals surface area contributed by atoms with E-state index in [0.29, 0.717) is 19.5 Å². The average Bonchev–Trinajstić information content (AvgIpc) is 2.85. The zero-order chi connectivity index (χ0) is 22.5. The van der Waals surface area contributed by atoms with Crippen molar-refractivity contribution in [2.45, 2.75) is 57.0 Å². The van der Waals surface area contributed by atoms with Crippen LogP contribution in [-0.2, 0) is 14.4 Å². The number of carbonyl (C=O) groups is 4. The summed E-state index contributed by atoms with van der Waals surface area (Å²) in [5.41, 5.74) is 0.146. The fourth-order valence-corrected chi connectivity index (χ4v) is 4.79. The van der Waals surface area contributed by atoms with Gasteiger partial charge in [0.2, 0.25) is 17.7 Å². The number of piperidine rings is 1. The van der Waals surface area contributed by atoms with Gasteiger partial charge in [0.1, 0.15) is 17.8 Å². The van der Waals surface area contributed by atoms with Crippen LogP contribution in [0.15, 0.2) is 18.6 Å². The fraction of sp³-hybridized carbons (Fsp3) is 0.636. The Bertz CT molecular complexity index is 857. The van der Waals surface area contributed by atoms with Crippen LogP contribution in [0.4, 0.5) is 0 Å². The van der Waals surface area contributed by atoms with Crippen LogP contribution in [0, 0.1) is 5.92 Å². The fourth-order valence-electron chi connectivity index (χ4n) is 4.79. The third-order valence-electron chi connectivity index (χ3n) is 6.59. The van der Waals surface area contributed by atoms with Gasteiger partial charge in [0, 0.05) is 37.9 Å². The van der Waals surface area contributed by atoms with Gasteiger partial charge in [0.15, 0.2) is 0 Å². The second-order valence-electron chi connectivity index (χ2n) is 8.72. The summed E-state index contributed by atoms with van der Waals surface area (Å²) in [5, 5.41) is 5.55. The molecule has 2 aliphatic heterocycles. The van der Waals surface area contributed by atoms with Gasteiger partial charge in [0.05, 0.1) is 12.7 Å². The van der Waals surface area contributed by atoms with Crippen LogP contribution in [0.2, 0.25) is 0 Å².